The molecule has 4 aromatic rings. The second kappa shape index (κ2) is 12.0. The smallest absolute Gasteiger partial charge is 0.257 e. The number of aryl methyl sites for hydroxylation is 1. The maximum absolute atomic E-state index is 12.9. The number of hydrogen-bond donors (Lipinski definition) is 3. The van der Waals surface area contributed by atoms with Crippen molar-refractivity contribution in [2.45, 2.75) is 44.7 Å². The van der Waals surface area contributed by atoms with Gasteiger partial charge in [-0.05, 0) is 76.1 Å². The minimum absolute atomic E-state index is 0.0440. The zero-order chi connectivity index (χ0) is 29.1. The third kappa shape index (κ3) is 6.44. The molecule has 0 radical (unpaired) electrons. The van der Waals surface area contributed by atoms with Crippen LogP contribution in [-0.4, -0.2) is 85.3 Å². The number of nitrogens with one attached hydrogen (secondary N) is 3. The molecule has 0 unspecified atom stereocenters. The molecule has 2 fully saturated rings. The van der Waals surface area contributed by atoms with Crippen molar-refractivity contribution in [2.24, 2.45) is 0 Å². The molecule has 6 rings (SSSR count). The fraction of sp³-hybridized carbons (Fsp3) is 0.367. The van der Waals surface area contributed by atoms with Crippen LogP contribution in [0.3, 0.4) is 0 Å². The number of hydrogen-bond acceptors (Lipinski definition) is 8. The molecule has 12 heteroatoms. The highest BCUT2D eigenvalue weighted by Gasteiger charge is 2.26. The number of carbonyl (C=O) groups is 2. The number of benzene rings is 1. The molecule has 1 saturated heterocycles. The summed E-state index contributed by atoms with van der Waals surface area (Å²) < 4.78 is 0. The number of imidazole rings is 1. The van der Waals surface area contributed by atoms with Crippen molar-refractivity contribution in [1.29, 1.82) is 0 Å². The Labute approximate surface area is 243 Å². The second-order valence-corrected chi connectivity index (χ2v) is 10.9. The van der Waals surface area contributed by atoms with Crippen molar-refractivity contribution < 1.29 is 14.4 Å². The van der Waals surface area contributed by atoms with E-state index < -0.39 is 0 Å². The summed E-state index contributed by atoms with van der Waals surface area (Å²) in [5.74, 6) is 1.29. The molecule has 1 atom stereocenters. The number of amides is 2. The van der Waals surface area contributed by atoms with E-state index in [-0.39, 0.29) is 17.9 Å². The molecule has 0 bridgehead atoms. The molecule has 1 aliphatic heterocycles. The van der Waals surface area contributed by atoms with Crippen LogP contribution in [-0.2, 0) is 4.79 Å². The molecule has 218 valence electrons. The van der Waals surface area contributed by atoms with Gasteiger partial charge in [-0.3, -0.25) is 19.8 Å². The maximum atomic E-state index is 12.9. The van der Waals surface area contributed by atoms with Gasteiger partial charge in [0.1, 0.15) is 0 Å². The molecule has 0 spiro atoms. The van der Waals surface area contributed by atoms with Gasteiger partial charge in [0.15, 0.2) is 11.6 Å². The molecule has 2 amide bonds. The number of piperidine rings is 1. The van der Waals surface area contributed by atoms with Crippen molar-refractivity contribution in [1.82, 2.24) is 34.7 Å². The number of carbonyl (C=O) groups excluding carboxylic acids is 2. The first-order valence-electron chi connectivity index (χ1n) is 14.3. The van der Waals surface area contributed by atoms with Crippen LogP contribution in [0.5, 0.6) is 5.75 Å². The van der Waals surface area contributed by atoms with E-state index >= 15 is 0 Å². The minimum atomic E-state index is -0.283. The van der Waals surface area contributed by atoms with Crippen LogP contribution in [0.15, 0.2) is 60.9 Å². The number of likely N-dealkylation sites (tertiary alicyclic amines) is 1. The van der Waals surface area contributed by atoms with Crippen molar-refractivity contribution in [2.75, 3.05) is 37.3 Å². The summed E-state index contributed by atoms with van der Waals surface area (Å²) in [6, 6.07) is 11.3. The van der Waals surface area contributed by atoms with Crippen LogP contribution >= 0.6 is 0 Å². The Kier molecular flexibility index (Phi) is 7.87. The van der Waals surface area contributed by atoms with E-state index in [9.17, 15) is 9.59 Å². The summed E-state index contributed by atoms with van der Waals surface area (Å²) in [7, 11) is 2.10. The van der Waals surface area contributed by atoms with Gasteiger partial charge >= 0.3 is 0 Å². The molecular formula is C30H35N9O3. The lowest BCUT2D eigenvalue weighted by Gasteiger charge is -2.32. The Morgan fingerprint density at radius 1 is 1.17 bits per heavy atom. The number of nitrogens with zero attached hydrogens (tertiary/aromatic N) is 6. The van der Waals surface area contributed by atoms with E-state index in [1.165, 1.54) is 17.7 Å². The summed E-state index contributed by atoms with van der Waals surface area (Å²) in [6.07, 6.45) is 11.3. The van der Waals surface area contributed by atoms with Gasteiger partial charge in [-0.25, -0.2) is 9.97 Å². The standard InChI is InChI=1S/C30H35N9O3/c1-20-18-32-30(33-20)35-29(41)21-9-13-24(14-10-21)42-39-28-25(7-3-15-31-28)27(36-39)34-22-6-4-17-38(19-22)26(40)8-5-16-37(2)23-11-12-23/h3,5,7-10,13-15,18,22-23H,4,6,11-12,16-17,19H2,1-2H3,(H,34,36)(H2,32,33,35,41)/b8-5+/t22-/m1/s1. The zero-order valence-electron chi connectivity index (χ0n) is 23.8. The monoisotopic (exact) mass is 569 g/mol. The average Bonchev–Trinajstić information content (AvgIpc) is 3.70. The van der Waals surface area contributed by atoms with Gasteiger partial charge in [-0.1, -0.05) is 10.9 Å². The van der Waals surface area contributed by atoms with Gasteiger partial charge in [0.05, 0.1) is 5.39 Å². The normalized spacial score (nSPS) is 17.2. The predicted octanol–water partition coefficient (Wildman–Crippen LogP) is 3.61. The van der Waals surface area contributed by atoms with E-state index in [2.05, 4.69) is 42.6 Å². The lowest BCUT2D eigenvalue weighted by Crippen LogP contribution is -2.44. The highest BCUT2D eigenvalue weighted by atomic mass is 16.7. The van der Waals surface area contributed by atoms with Crippen LogP contribution in [0.25, 0.3) is 11.0 Å². The van der Waals surface area contributed by atoms with E-state index in [0.29, 0.717) is 41.3 Å². The summed E-state index contributed by atoms with van der Waals surface area (Å²) >= 11 is 0. The van der Waals surface area contributed by atoms with Gasteiger partial charge in [0.2, 0.25) is 17.5 Å². The van der Waals surface area contributed by atoms with Crippen molar-refractivity contribution in [3.8, 4) is 5.75 Å². The molecule has 3 aromatic heterocycles. The third-order valence-corrected chi connectivity index (χ3v) is 7.55. The Morgan fingerprint density at radius 2 is 2.00 bits per heavy atom. The summed E-state index contributed by atoms with van der Waals surface area (Å²) in [4.78, 5) is 48.6. The largest absolute Gasteiger partial charge is 0.363 e. The van der Waals surface area contributed by atoms with Crippen LogP contribution < -0.4 is 15.5 Å². The van der Waals surface area contributed by atoms with Crippen molar-refractivity contribution in [3.63, 3.8) is 0 Å². The molecule has 3 N–H and O–H groups in total. The van der Waals surface area contributed by atoms with Crippen LogP contribution in [0.1, 0.15) is 41.7 Å². The van der Waals surface area contributed by atoms with Crippen molar-refractivity contribution >= 4 is 34.6 Å². The van der Waals surface area contributed by atoms with E-state index in [0.717, 1.165) is 37.0 Å². The Balaban J connectivity index is 1.10. The van der Waals surface area contributed by atoms with E-state index in [1.807, 2.05) is 30.0 Å². The first-order chi connectivity index (χ1) is 20.4. The minimum Gasteiger partial charge on any atom is -0.363 e. The van der Waals surface area contributed by atoms with Gasteiger partial charge in [0, 0.05) is 61.4 Å². The SMILES string of the molecule is Cc1cnc(NC(=O)c2ccc(On3nc(N[C@@H]4CCCN(C(=O)/C=C/CN(C)C5CC5)C4)c4cccnc43)cc2)[nH]1. The molecule has 4 heterocycles. The summed E-state index contributed by atoms with van der Waals surface area (Å²) in [5.41, 5.74) is 1.88. The third-order valence-electron chi connectivity index (χ3n) is 7.55. The predicted molar refractivity (Wildman–Crippen MR) is 159 cm³/mol. The quantitative estimate of drug-likeness (QED) is 0.247. The number of aromatic nitrogens is 5. The number of H-pyrrole nitrogens is 1. The number of pyridine rings is 1. The highest BCUT2D eigenvalue weighted by molar-refractivity contribution is 6.03. The second-order valence-electron chi connectivity index (χ2n) is 10.9. The Hall–Kier alpha value is -4.71. The fourth-order valence-electron chi connectivity index (χ4n) is 5.10. The number of aromatic amines is 1. The van der Waals surface area contributed by atoms with Crippen molar-refractivity contribution in [3.05, 3.63) is 72.2 Å². The number of fused-ring (bicyclic) bond motifs is 1. The summed E-state index contributed by atoms with van der Waals surface area (Å²) in [5, 5.41) is 11.7. The molecule has 1 aliphatic carbocycles. The van der Waals surface area contributed by atoms with Crippen LogP contribution in [0.4, 0.5) is 11.8 Å². The molecule has 1 saturated carbocycles. The first kappa shape index (κ1) is 27.5. The van der Waals surface area contributed by atoms with Crippen LogP contribution in [0, 0.1) is 6.92 Å². The van der Waals surface area contributed by atoms with Gasteiger partial charge < -0.3 is 20.0 Å². The van der Waals surface area contributed by atoms with Gasteiger partial charge in [-0.2, -0.15) is 0 Å². The van der Waals surface area contributed by atoms with Gasteiger partial charge in [-0.15, -0.1) is 5.10 Å². The highest BCUT2D eigenvalue weighted by Crippen LogP contribution is 2.26. The summed E-state index contributed by atoms with van der Waals surface area (Å²) in [6.45, 7) is 4.00. The lowest BCUT2D eigenvalue weighted by molar-refractivity contribution is -0.127. The Bertz CT molecular complexity index is 1590. The molecule has 42 heavy (non-hydrogen) atoms. The van der Waals surface area contributed by atoms with E-state index in [1.54, 1.807) is 42.7 Å². The van der Waals surface area contributed by atoms with E-state index in [4.69, 9.17) is 4.84 Å². The molecule has 2 aliphatic rings. The van der Waals surface area contributed by atoms with Gasteiger partial charge in [0.25, 0.3) is 5.91 Å². The molecule has 12 nitrogen and oxygen atoms in total. The Morgan fingerprint density at radius 3 is 2.76 bits per heavy atom. The molecule has 1 aromatic carbocycles. The number of likely N-dealkylation sites (N-methyl/N-ethyl adjacent to an activating group) is 1. The zero-order valence-corrected chi connectivity index (χ0v) is 23.8. The van der Waals surface area contributed by atoms with Crippen LogP contribution in [0.2, 0.25) is 0 Å². The first-order valence-corrected chi connectivity index (χ1v) is 14.3. The average molecular weight is 570 g/mol. The lowest BCUT2D eigenvalue weighted by atomic mass is 10.1. The number of anilines is 2. The fourth-order valence-corrected chi connectivity index (χ4v) is 5.10. The maximum Gasteiger partial charge on any atom is 0.257 e. The molecular weight excluding hydrogens is 534 g/mol. The number of rotatable bonds is 10. The topological polar surface area (TPSA) is 133 Å².